The maximum atomic E-state index is 14.2. The highest BCUT2D eigenvalue weighted by Gasteiger charge is 2.23. The van der Waals surface area contributed by atoms with E-state index >= 15 is 0 Å². The molecule has 0 saturated carbocycles. The molecule has 1 aliphatic rings. The van der Waals surface area contributed by atoms with Crippen LogP contribution in [0.25, 0.3) is 22.3 Å². The first-order valence-corrected chi connectivity index (χ1v) is 11.2. The molecule has 1 atom stereocenters. The maximum absolute atomic E-state index is 14.2. The Kier molecular flexibility index (Phi) is 5.50. The molecule has 1 N–H and O–H groups in total. The van der Waals surface area contributed by atoms with Gasteiger partial charge in [-0.2, -0.15) is 0 Å². The van der Waals surface area contributed by atoms with Crippen molar-refractivity contribution in [2.45, 2.75) is 36.4 Å². The van der Waals surface area contributed by atoms with Gasteiger partial charge in [0.25, 0.3) is 0 Å². The molecular weight excluding hydrogens is 423 g/mol. The summed E-state index contributed by atoms with van der Waals surface area (Å²) in [5.74, 6) is 0.852. The second-order valence-corrected chi connectivity index (χ2v) is 8.64. The van der Waals surface area contributed by atoms with Crippen molar-refractivity contribution in [1.29, 1.82) is 0 Å². The minimum Gasteiger partial charge on any atom is -0.376 e. The lowest BCUT2D eigenvalue weighted by Crippen LogP contribution is -2.16. The van der Waals surface area contributed by atoms with Crippen LogP contribution in [-0.4, -0.2) is 32.5 Å². The number of hydrogen-bond donors (Lipinski definition) is 1. The van der Waals surface area contributed by atoms with E-state index in [2.05, 4.69) is 25.8 Å². The number of nitrogens with zero attached hydrogens (tertiary/aromatic N) is 3. The largest absolute Gasteiger partial charge is 0.376 e. The third-order valence-corrected chi connectivity index (χ3v) is 6.71. The van der Waals surface area contributed by atoms with Gasteiger partial charge in [0.1, 0.15) is 5.82 Å². The number of para-hydroxylation sites is 1. The van der Waals surface area contributed by atoms with Crippen molar-refractivity contribution >= 4 is 34.3 Å². The summed E-state index contributed by atoms with van der Waals surface area (Å²) in [5.41, 5.74) is 2.52. The number of thioether (sulfide) groups is 1. The molecule has 0 spiro atoms. The number of benzene rings is 2. The van der Waals surface area contributed by atoms with Gasteiger partial charge in [0.2, 0.25) is 0 Å². The van der Waals surface area contributed by atoms with Crippen LogP contribution < -0.4 is 0 Å². The number of halogens is 2. The molecule has 2 aromatic carbocycles. The van der Waals surface area contributed by atoms with Gasteiger partial charge in [0.15, 0.2) is 11.0 Å². The number of H-pyrrole nitrogens is 1. The monoisotopic (exact) mass is 442 g/mol. The highest BCUT2D eigenvalue weighted by atomic mass is 35.5. The predicted molar refractivity (Wildman–Crippen MR) is 117 cm³/mol. The fourth-order valence-electron chi connectivity index (χ4n) is 3.81. The van der Waals surface area contributed by atoms with Crippen molar-refractivity contribution in [2.24, 2.45) is 0 Å². The average Bonchev–Trinajstić information content (AvgIpc) is 3.48. The van der Waals surface area contributed by atoms with Crippen LogP contribution in [0.2, 0.25) is 5.02 Å². The van der Waals surface area contributed by atoms with Crippen LogP contribution >= 0.6 is 23.4 Å². The molecule has 0 aliphatic carbocycles. The molecule has 3 heterocycles. The second-order valence-electron chi connectivity index (χ2n) is 7.29. The zero-order chi connectivity index (χ0) is 20.5. The number of nitrogens with one attached hydrogen (secondary N) is 1. The predicted octanol–water partition coefficient (Wildman–Crippen LogP) is 5.69. The van der Waals surface area contributed by atoms with Crippen LogP contribution in [0.3, 0.4) is 0 Å². The highest BCUT2D eigenvalue weighted by molar-refractivity contribution is 7.98. The molecule has 1 saturated heterocycles. The van der Waals surface area contributed by atoms with E-state index in [-0.39, 0.29) is 11.9 Å². The van der Waals surface area contributed by atoms with E-state index in [4.69, 9.17) is 16.3 Å². The van der Waals surface area contributed by atoms with Gasteiger partial charge in [-0.1, -0.05) is 47.6 Å². The quantitative estimate of drug-likeness (QED) is 0.390. The molecule has 1 unspecified atom stereocenters. The summed E-state index contributed by atoms with van der Waals surface area (Å²) in [6.45, 7) is 1.44. The van der Waals surface area contributed by atoms with Gasteiger partial charge >= 0.3 is 0 Å². The van der Waals surface area contributed by atoms with Crippen LogP contribution in [0, 0.1) is 5.82 Å². The minimum atomic E-state index is -0.308. The number of ether oxygens (including phenoxy) is 1. The molecule has 0 amide bonds. The first-order chi connectivity index (χ1) is 14.7. The van der Waals surface area contributed by atoms with E-state index in [1.54, 1.807) is 12.1 Å². The lowest BCUT2D eigenvalue weighted by atomic mass is 10.1. The molecule has 8 heteroatoms. The van der Waals surface area contributed by atoms with Crippen molar-refractivity contribution < 1.29 is 9.13 Å². The van der Waals surface area contributed by atoms with E-state index in [1.807, 2.05) is 24.4 Å². The molecule has 5 rings (SSSR count). The summed E-state index contributed by atoms with van der Waals surface area (Å²) in [6.07, 6.45) is 4.15. The van der Waals surface area contributed by atoms with Crippen molar-refractivity contribution in [3.63, 3.8) is 0 Å². The van der Waals surface area contributed by atoms with Crippen LogP contribution in [0.1, 0.15) is 18.4 Å². The van der Waals surface area contributed by atoms with Crippen molar-refractivity contribution in [2.75, 3.05) is 6.61 Å². The van der Waals surface area contributed by atoms with Crippen LogP contribution in [-0.2, 0) is 17.0 Å². The fourth-order valence-corrected chi connectivity index (χ4v) is 5.11. The Bertz CT molecular complexity index is 1160. The Morgan fingerprint density at radius 1 is 1.20 bits per heavy atom. The van der Waals surface area contributed by atoms with Crippen LogP contribution in [0.4, 0.5) is 4.39 Å². The van der Waals surface area contributed by atoms with Crippen molar-refractivity contribution in [3.05, 3.63) is 65.1 Å². The van der Waals surface area contributed by atoms with Gasteiger partial charge in [-0.25, -0.2) is 4.39 Å². The zero-order valence-corrected chi connectivity index (χ0v) is 17.7. The summed E-state index contributed by atoms with van der Waals surface area (Å²) in [4.78, 5) is 3.30. The topological polar surface area (TPSA) is 55.7 Å². The number of aromatic nitrogens is 4. The molecule has 154 valence electrons. The van der Waals surface area contributed by atoms with Crippen molar-refractivity contribution in [3.8, 4) is 11.4 Å². The number of aromatic amines is 1. The SMILES string of the molecule is Fc1cccc(Cl)c1CSc1nnc(-c2c[nH]c3ccccc23)n1CC1CCCO1. The second kappa shape index (κ2) is 8.41. The van der Waals surface area contributed by atoms with Gasteiger partial charge in [-0.15, -0.1) is 10.2 Å². The average molecular weight is 443 g/mol. The molecule has 0 radical (unpaired) electrons. The standard InChI is InChI=1S/C22H20ClFN4OS/c23-18-7-3-8-19(24)17(18)13-30-22-27-26-21(28(22)12-14-5-4-10-29-14)16-11-25-20-9-2-1-6-15(16)20/h1-3,6-9,11,14,25H,4-5,10,12-13H2. The molecule has 2 aromatic heterocycles. The Morgan fingerprint density at radius 3 is 2.93 bits per heavy atom. The maximum Gasteiger partial charge on any atom is 0.191 e. The molecule has 1 fully saturated rings. The summed E-state index contributed by atoms with van der Waals surface area (Å²) < 4.78 is 22.2. The molecular formula is C22H20ClFN4OS. The fraction of sp³-hybridized carbons (Fsp3) is 0.273. The first kappa shape index (κ1) is 19.6. The summed E-state index contributed by atoms with van der Waals surface area (Å²) in [5, 5.41) is 11.2. The third kappa shape index (κ3) is 3.73. The molecule has 4 aromatic rings. The van der Waals surface area contributed by atoms with E-state index in [0.29, 0.717) is 22.9 Å². The Morgan fingerprint density at radius 2 is 2.10 bits per heavy atom. The van der Waals surface area contributed by atoms with Crippen molar-refractivity contribution in [1.82, 2.24) is 19.7 Å². The smallest absolute Gasteiger partial charge is 0.191 e. The lowest BCUT2D eigenvalue weighted by Gasteiger charge is -2.14. The van der Waals surface area contributed by atoms with E-state index in [9.17, 15) is 4.39 Å². The molecule has 0 bridgehead atoms. The Balaban J connectivity index is 1.51. The molecule has 30 heavy (non-hydrogen) atoms. The minimum absolute atomic E-state index is 0.126. The van der Waals surface area contributed by atoms with Gasteiger partial charge in [-0.3, -0.25) is 4.57 Å². The third-order valence-electron chi connectivity index (χ3n) is 5.36. The van der Waals surface area contributed by atoms with Gasteiger partial charge < -0.3 is 9.72 Å². The normalized spacial score (nSPS) is 16.5. The first-order valence-electron chi connectivity index (χ1n) is 9.87. The number of fused-ring (bicyclic) bond motifs is 1. The number of hydrogen-bond acceptors (Lipinski definition) is 4. The summed E-state index contributed by atoms with van der Waals surface area (Å²) in [6, 6.07) is 12.9. The van der Waals surface area contributed by atoms with E-state index in [0.717, 1.165) is 46.9 Å². The number of rotatable bonds is 6. The highest BCUT2D eigenvalue weighted by Crippen LogP contribution is 2.33. The zero-order valence-electron chi connectivity index (χ0n) is 16.1. The van der Waals surface area contributed by atoms with Gasteiger partial charge in [-0.05, 0) is 31.0 Å². The van der Waals surface area contributed by atoms with Crippen LogP contribution in [0.15, 0.2) is 53.8 Å². The molecule has 5 nitrogen and oxygen atoms in total. The summed E-state index contributed by atoms with van der Waals surface area (Å²) in [7, 11) is 0. The Hall–Kier alpha value is -2.35. The molecule has 1 aliphatic heterocycles. The summed E-state index contributed by atoms with van der Waals surface area (Å²) >= 11 is 7.64. The Labute approximate surface area is 182 Å². The van der Waals surface area contributed by atoms with Crippen LogP contribution in [0.5, 0.6) is 0 Å². The van der Waals surface area contributed by atoms with E-state index in [1.165, 1.54) is 17.8 Å². The van der Waals surface area contributed by atoms with Gasteiger partial charge in [0.05, 0.1) is 12.6 Å². The lowest BCUT2D eigenvalue weighted by molar-refractivity contribution is 0.0953. The van der Waals surface area contributed by atoms with E-state index < -0.39 is 0 Å². The van der Waals surface area contributed by atoms with Gasteiger partial charge in [0, 0.05) is 45.6 Å².